The quantitative estimate of drug-likeness (QED) is 0.660. The summed E-state index contributed by atoms with van der Waals surface area (Å²) in [4.78, 5) is 0. The SMILES string of the molecule is C[C@@H](NCC(C)(C)C)C1CC1. The summed E-state index contributed by atoms with van der Waals surface area (Å²) in [6.45, 7) is 10.3. The summed E-state index contributed by atoms with van der Waals surface area (Å²) >= 11 is 0. The molecule has 1 aliphatic carbocycles. The molecule has 1 nitrogen and oxygen atoms in total. The molecule has 0 aliphatic heterocycles. The van der Waals surface area contributed by atoms with Gasteiger partial charge >= 0.3 is 0 Å². The molecule has 0 saturated heterocycles. The Labute approximate surface area is 70.6 Å². The van der Waals surface area contributed by atoms with Crippen molar-refractivity contribution >= 4 is 0 Å². The first kappa shape index (κ1) is 9.05. The first-order valence-electron chi connectivity index (χ1n) is 4.72. The van der Waals surface area contributed by atoms with Crippen molar-refractivity contribution in [2.45, 2.75) is 46.6 Å². The van der Waals surface area contributed by atoms with Crippen LogP contribution in [0.15, 0.2) is 0 Å². The van der Waals surface area contributed by atoms with E-state index >= 15 is 0 Å². The van der Waals surface area contributed by atoms with E-state index in [2.05, 4.69) is 33.0 Å². The maximum Gasteiger partial charge on any atom is 0.00672 e. The zero-order chi connectivity index (χ0) is 8.48. The van der Waals surface area contributed by atoms with Gasteiger partial charge in [0.2, 0.25) is 0 Å². The van der Waals surface area contributed by atoms with Gasteiger partial charge in [-0.3, -0.25) is 0 Å². The predicted molar refractivity (Wildman–Crippen MR) is 49.6 cm³/mol. The van der Waals surface area contributed by atoms with Crippen LogP contribution in [-0.2, 0) is 0 Å². The first-order chi connectivity index (χ1) is 4.99. The lowest BCUT2D eigenvalue weighted by Crippen LogP contribution is -2.35. The Bertz CT molecular complexity index is 119. The second kappa shape index (κ2) is 3.14. The van der Waals surface area contributed by atoms with Crippen molar-refractivity contribution in [3.05, 3.63) is 0 Å². The van der Waals surface area contributed by atoms with Crippen LogP contribution in [0.25, 0.3) is 0 Å². The van der Waals surface area contributed by atoms with Gasteiger partial charge in [0, 0.05) is 12.6 Å². The highest BCUT2D eigenvalue weighted by Gasteiger charge is 2.28. The summed E-state index contributed by atoms with van der Waals surface area (Å²) in [7, 11) is 0. The first-order valence-corrected chi connectivity index (χ1v) is 4.72. The lowest BCUT2D eigenvalue weighted by molar-refractivity contribution is 0.345. The van der Waals surface area contributed by atoms with Gasteiger partial charge in [-0.15, -0.1) is 0 Å². The fourth-order valence-electron chi connectivity index (χ4n) is 1.23. The maximum absolute atomic E-state index is 3.58. The van der Waals surface area contributed by atoms with Gasteiger partial charge in [-0.25, -0.2) is 0 Å². The van der Waals surface area contributed by atoms with Crippen LogP contribution in [0.1, 0.15) is 40.5 Å². The van der Waals surface area contributed by atoms with Gasteiger partial charge in [0.25, 0.3) is 0 Å². The van der Waals surface area contributed by atoms with Gasteiger partial charge < -0.3 is 5.32 Å². The van der Waals surface area contributed by atoms with Gasteiger partial charge in [0.15, 0.2) is 0 Å². The summed E-state index contributed by atoms with van der Waals surface area (Å²) < 4.78 is 0. The summed E-state index contributed by atoms with van der Waals surface area (Å²) in [6.07, 6.45) is 2.89. The number of hydrogen-bond acceptors (Lipinski definition) is 1. The molecule has 1 atom stereocenters. The van der Waals surface area contributed by atoms with Crippen LogP contribution in [0.5, 0.6) is 0 Å². The van der Waals surface area contributed by atoms with E-state index in [1.165, 1.54) is 12.8 Å². The lowest BCUT2D eigenvalue weighted by atomic mass is 9.96. The molecular weight excluding hydrogens is 134 g/mol. The van der Waals surface area contributed by atoms with Gasteiger partial charge in [0.1, 0.15) is 0 Å². The average Bonchev–Trinajstić information content (AvgIpc) is 2.61. The molecule has 0 aromatic rings. The maximum atomic E-state index is 3.58. The Morgan fingerprint density at radius 3 is 2.27 bits per heavy atom. The van der Waals surface area contributed by atoms with Crippen molar-refractivity contribution in [1.29, 1.82) is 0 Å². The van der Waals surface area contributed by atoms with Crippen LogP contribution >= 0.6 is 0 Å². The minimum Gasteiger partial charge on any atom is -0.313 e. The number of hydrogen-bond donors (Lipinski definition) is 1. The Morgan fingerprint density at radius 1 is 1.36 bits per heavy atom. The zero-order valence-electron chi connectivity index (χ0n) is 8.28. The molecule has 1 rings (SSSR count). The normalized spacial score (nSPS) is 21.8. The summed E-state index contributed by atoms with van der Waals surface area (Å²) in [5.41, 5.74) is 0.434. The van der Waals surface area contributed by atoms with Crippen molar-refractivity contribution < 1.29 is 0 Å². The molecule has 1 heteroatoms. The van der Waals surface area contributed by atoms with Gasteiger partial charge in [-0.1, -0.05) is 20.8 Å². The van der Waals surface area contributed by atoms with E-state index in [0.717, 1.165) is 18.5 Å². The minimum absolute atomic E-state index is 0.434. The van der Waals surface area contributed by atoms with Crippen molar-refractivity contribution in [1.82, 2.24) is 5.32 Å². The highest BCUT2D eigenvalue weighted by molar-refractivity contribution is 4.84. The fraction of sp³-hybridized carbons (Fsp3) is 1.00. The van der Waals surface area contributed by atoms with Crippen molar-refractivity contribution in [3.63, 3.8) is 0 Å². The van der Waals surface area contributed by atoms with Crippen LogP contribution in [-0.4, -0.2) is 12.6 Å². The van der Waals surface area contributed by atoms with E-state index in [4.69, 9.17) is 0 Å². The Hall–Kier alpha value is -0.0400. The molecule has 0 heterocycles. The Morgan fingerprint density at radius 2 is 1.91 bits per heavy atom. The van der Waals surface area contributed by atoms with Crippen LogP contribution in [0, 0.1) is 11.3 Å². The molecule has 0 amide bonds. The summed E-state index contributed by atoms with van der Waals surface area (Å²) in [6, 6.07) is 0.745. The van der Waals surface area contributed by atoms with E-state index in [1.54, 1.807) is 0 Å². The Kier molecular flexibility index (Phi) is 2.58. The molecular formula is C10H21N. The van der Waals surface area contributed by atoms with E-state index in [1.807, 2.05) is 0 Å². The molecule has 0 aromatic heterocycles. The van der Waals surface area contributed by atoms with E-state index in [9.17, 15) is 0 Å². The van der Waals surface area contributed by atoms with Crippen molar-refractivity contribution in [2.24, 2.45) is 11.3 Å². The zero-order valence-corrected chi connectivity index (χ0v) is 8.28. The lowest BCUT2D eigenvalue weighted by Gasteiger charge is -2.22. The highest BCUT2D eigenvalue weighted by Crippen LogP contribution is 2.32. The average molecular weight is 155 g/mol. The molecule has 0 unspecified atom stereocenters. The molecule has 0 radical (unpaired) electrons. The van der Waals surface area contributed by atoms with E-state index < -0.39 is 0 Å². The molecule has 1 aliphatic rings. The predicted octanol–water partition coefficient (Wildman–Crippen LogP) is 2.42. The smallest absolute Gasteiger partial charge is 0.00672 e. The fourth-order valence-corrected chi connectivity index (χ4v) is 1.23. The third-order valence-corrected chi connectivity index (χ3v) is 2.28. The molecule has 1 fully saturated rings. The van der Waals surface area contributed by atoms with Crippen LogP contribution < -0.4 is 5.32 Å². The second-order valence-electron chi connectivity index (χ2n) is 5.07. The molecule has 1 saturated carbocycles. The van der Waals surface area contributed by atoms with Crippen LogP contribution in [0.4, 0.5) is 0 Å². The van der Waals surface area contributed by atoms with Crippen LogP contribution in [0.2, 0.25) is 0 Å². The number of nitrogens with one attached hydrogen (secondary N) is 1. The molecule has 0 bridgehead atoms. The van der Waals surface area contributed by atoms with E-state index in [-0.39, 0.29) is 0 Å². The third-order valence-electron chi connectivity index (χ3n) is 2.28. The van der Waals surface area contributed by atoms with Crippen LogP contribution in [0.3, 0.4) is 0 Å². The minimum atomic E-state index is 0.434. The largest absolute Gasteiger partial charge is 0.313 e. The summed E-state index contributed by atoms with van der Waals surface area (Å²) in [5, 5.41) is 3.58. The molecule has 11 heavy (non-hydrogen) atoms. The molecule has 1 N–H and O–H groups in total. The molecule has 66 valence electrons. The monoisotopic (exact) mass is 155 g/mol. The second-order valence-corrected chi connectivity index (χ2v) is 5.07. The topological polar surface area (TPSA) is 12.0 Å². The van der Waals surface area contributed by atoms with Crippen molar-refractivity contribution in [3.8, 4) is 0 Å². The standard InChI is InChI=1S/C10H21N/c1-8(9-5-6-9)11-7-10(2,3)4/h8-9,11H,5-7H2,1-4H3/t8-/m1/s1. The van der Waals surface area contributed by atoms with Gasteiger partial charge in [-0.05, 0) is 31.1 Å². The molecule has 0 spiro atoms. The Balaban J connectivity index is 2.10. The van der Waals surface area contributed by atoms with Crippen molar-refractivity contribution in [2.75, 3.05) is 6.54 Å². The molecule has 0 aromatic carbocycles. The highest BCUT2D eigenvalue weighted by atomic mass is 14.9. The number of rotatable bonds is 3. The third kappa shape index (κ3) is 3.76. The summed E-state index contributed by atoms with van der Waals surface area (Å²) in [5.74, 6) is 0.984. The van der Waals surface area contributed by atoms with Gasteiger partial charge in [-0.2, -0.15) is 0 Å². The van der Waals surface area contributed by atoms with E-state index in [0.29, 0.717) is 5.41 Å². The van der Waals surface area contributed by atoms with Gasteiger partial charge in [0.05, 0.1) is 0 Å².